The number of aryl methyl sites for hydroxylation is 3. The molecule has 32 heteroatoms. The molecule has 4 aromatic carbocycles. The van der Waals surface area contributed by atoms with Crippen LogP contribution < -0.4 is 38.1 Å². The number of carboxylic acid groups (broad SMARTS) is 4. The van der Waals surface area contributed by atoms with Crippen molar-refractivity contribution in [3.05, 3.63) is 273 Å². The van der Waals surface area contributed by atoms with E-state index in [1.165, 1.54) is 67.1 Å². The zero-order chi connectivity index (χ0) is 72.6. The first-order chi connectivity index (χ1) is 47.3. The number of rotatable bonds is 15. The number of aromatic carboxylic acids is 4. The molecule has 510 valence electrons. The Kier molecular flexibility index (Phi) is 31.5. The van der Waals surface area contributed by atoms with Gasteiger partial charge < -0.3 is 58.5 Å². The molecule has 0 unspecified atom stereocenters. The molecule has 0 saturated carbocycles. The topological polar surface area (TPSA) is 386 Å². The van der Waals surface area contributed by atoms with Crippen LogP contribution in [-0.4, -0.2) is 93.9 Å². The third-order valence-corrected chi connectivity index (χ3v) is 14.1. The summed E-state index contributed by atoms with van der Waals surface area (Å²) < 4.78 is 54.4. The summed E-state index contributed by atoms with van der Waals surface area (Å²) in [6, 6.07) is 44.6. The van der Waals surface area contributed by atoms with Crippen molar-refractivity contribution < 1.29 is 61.2 Å². The Morgan fingerprint density at radius 1 is 0.394 bits per heavy atom. The lowest BCUT2D eigenvalue weighted by molar-refractivity contribution is 0.0686. The molecule has 24 nitrogen and oxygen atoms in total. The molecule has 0 fully saturated rings. The molecule has 7 heterocycles. The van der Waals surface area contributed by atoms with Crippen LogP contribution in [0.5, 0.6) is 0 Å². The summed E-state index contributed by atoms with van der Waals surface area (Å²) in [5.74, 6) is -3.66. The minimum Gasteiger partial charge on any atom is -0.478 e. The predicted octanol–water partition coefficient (Wildman–Crippen LogP) is 15.9. The van der Waals surface area contributed by atoms with Gasteiger partial charge in [0.25, 0.3) is 0 Å². The molecule has 13 N–H and O–H groups in total. The zero-order valence-electron chi connectivity index (χ0n) is 52.2. The average Bonchev–Trinajstić information content (AvgIpc) is 0.853. The van der Waals surface area contributed by atoms with Gasteiger partial charge in [-0.25, -0.2) is 67.2 Å². The number of halogens is 6. The van der Waals surface area contributed by atoms with E-state index >= 15 is 0 Å². The Morgan fingerprint density at radius 3 is 1.05 bits per heavy atom. The molecule has 0 aliphatic rings. The van der Waals surface area contributed by atoms with Gasteiger partial charge in [-0.1, -0.05) is 102 Å². The number of anilines is 12. The number of carbonyl (C=O) groups is 4. The second-order valence-electron chi connectivity index (χ2n) is 19.5. The molecule has 0 amide bonds. The summed E-state index contributed by atoms with van der Waals surface area (Å²) >= 11 is 17.7. The van der Waals surface area contributed by atoms with Gasteiger partial charge in [-0.15, -0.1) is 11.8 Å². The summed E-state index contributed by atoms with van der Waals surface area (Å²) in [4.78, 5) is 72.3. The molecule has 0 bridgehead atoms. The highest BCUT2D eigenvalue weighted by molar-refractivity contribution is 7.98. The van der Waals surface area contributed by atoms with Gasteiger partial charge >= 0.3 is 35.4 Å². The van der Waals surface area contributed by atoms with Crippen LogP contribution in [0.1, 0.15) is 58.1 Å². The molecule has 7 aromatic heterocycles. The Bertz CT molecular complexity index is 4410. The number of hydrogen-bond donors (Lipinski definition) is 11. The first-order valence-corrected chi connectivity index (χ1v) is 31.1. The zero-order valence-corrected chi connectivity index (χ0v) is 56.1. The standard InChI is InChI=1S/2C18H15FN4O2.C13H11ClN2O2.C7H9NS.C6H3Cl2NO2.C5H5FN2.O2S/c2*1-11-4-2-3-5-14(11)22-15-8-17(21-10-13(15)18(24)25)23-16-7-6-12(19)9-20-16;1-8-4-2-3-5-10(8)16-11-6-12(14)15-7-9(11)13(17)18;1-9-7-5-3-2-4-6(7)8;7-4-1-5(8)9-2-3(4)6(10)11;6-4-1-2-5(7)8-3-4;1-3-2/h2*2-10H,1H3,(H,24,25)(H2,20,21,22,23);2-7H,1H3,(H,15,16)(H,17,18);2-5H,8H2,1H3;1-2H,(H,10,11);1-3H,(H2,7,8);. The number of hydrogen-bond acceptors (Lipinski definition) is 21. The van der Waals surface area contributed by atoms with Crippen LogP contribution >= 0.6 is 46.6 Å². The normalized spacial score (nSPS) is 9.84. The van der Waals surface area contributed by atoms with Crippen LogP contribution in [-0.2, 0) is 11.6 Å². The molecule has 0 atom stereocenters. The fourth-order valence-electron chi connectivity index (χ4n) is 7.65. The lowest BCUT2D eigenvalue weighted by Crippen LogP contribution is -2.06. The van der Waals surface area contributed by atoms with Gasteiger partial charge in [0.05, 0.1) is 46.2 Å². The first kappa shape index (κ1) is 77.9. The Balaban J connectivity index is 0.000000223. The van der Waals surface area contributed by atoms with Crippen molar-refractivity contribution in [3.63, 3.8) is 0 Å². The third-order valence-electron chi connectivity index (χ3n) is 12.5. The van der Waals surface area contributed by atoms with Crippen molar-refractivity contribution in [2.24, 2.45) is 0 Å². The second-order valence-corrected chi connectivity index (χ2v) is 21.7. The third kappa shape index (κ3) is 26.4. The molecule has 0 aliphatic carbocycles. The predicted molar refractivity (Wildman–Crippen MR) is 378 cm³/mol. The number of benzene rings is 4. The molecule has 0 aliphatic heterocycles. The summed E-state index contributed by atoms with van der Waals surface area (Å²) in [7, 11) is 0. The van der Waals surface area contributed by atoms with Crippen molar-refractivity contribution in [3.8, 4) is 0 Å². The lowest BCUT2D eigenvalue weighted by Gasteiger charge is -2.13. The molecule has 11 rings (SSSR count). The maximum absolute atomic E-state index is 12.9. The molecule has 0 radical (unpaired) electrons. The summed E-state index contributed by atoms with van der Waals surface area (Å²) in [6.45, 7) is 5.78. The fraction of sp³-hybridized carbons (Fsp3) is 0.0597. The van der Waals surface area contributed by atoms with Crippen molar-refractivity contribution in [1.29, 1.82) is 0 Å². The van der Waals surface area contributed by atoms with Crippen molar-refractivity contribution >= 4 is 151 Å². The Hall–Kier alpha value is -11.8. The maximum atomic E-state index is 12.9. The number of aromatic nitrogens is 7. The van der Waals surface area contributed by atoms with E-state index in [1.54, 1.807) is 23.9 Å². The number of nitrogen functional groups attached to an aromatic ring is 2. The number of para-hydroxylation sites is 4. The Labute approximate surface area is 586 Å². The van der Waals surface area contributed by atoms with E-state index < -0.39 is 47.1 Å². The average molecular weight is 1450 g/mol. The highest BCUT2D eigenvalue weighted by atomic mass is 35.5. The second kappa shape index (κ2) is 39.9. The summed E-state index contributed by atoms with van der Waals surface area (Å²) in [6.07, 6.45) is 10.1. The Morgan fingerprint density at radius 2 is 0.727 bits per heavy atom. The molecule has 11 aromatic rings. The minimum atomic E-state index is -1.11. The first-order valence-electron chi connectivity index (χ1n) is 28.1. The van der Waals surface area contributed by atoms with E-state index in [2.05, 4.69) is 61.5 Å². The van der Waals surface area contributed by atoms with E-state index in [4.69, 9.17) is 64.9 Å². The number of nitrogens with zero attached hydrogens (tertiary/aromatic N) is 7. The maximum Gasteiger partial charge on any atom is 0.339 e. The van der Waals surface area contributed by atoms with Gasteiger partial charge in [-0.05, 0) is 123 Å². The molecule has 0 spiro atoms. The van der Waals surface area contributed by atoms with Crippen LogP contribution in [0.4, 0.5) is 82.1 Å². The minimum absolute atomic E-state index is 0.0425. The summed E-state index contributed by atoms with van der Waals surface area (Å²) in [5, 5.41) is 52.0. The van der Waals surface area contributed by atoms with E-state index in [0.29, 0.717) is 46.2 Å². The van der Waals surface area contributed by atoms with Gasteiger partial charge in [0.15, 0.2) is 0 Å². The highest BCUT2D eigenvalue weighted by Crippen LogP contribution is 2.30. The van der Waals surface area contributed by atoms with Gasteiger partial charge in [-0.2, -0.15) is 8.42 Å². The quantitative estimate of drug-likeness (QED) is 0.0258. The molecular formula is C67H58Cl3F3N14O10S2. The van der Waals surface area contributed by atoms with E-state index in [9.17, 15) is 42.6 Å². The molecule has 99 heavy (non-hydrogen) atoms. The highest BCUT2D eigenvalue weighted by Gasteiger charge is 2.17. The number of pyridine rings is 7. The van der Waals surface area contributed by atoms with Gasteiger partial charge in [0.1, 0.15) is 73.5 Å². The van der Waals surface area contributed by atoms with Crippen molar-refractivity contribution in [2.75, 3.05) is 44.3 Å². The monoisotopic (exact) mass is 1440 g/mol. The lowest BCUT2D eigenvalue weighted by atomic mass is 10.1. The van der Waals surface area contributed by atoms with Crippen LogP contribution in [0.25, 0.3) is 0 Å². The smallest absolute Gasteiger partial charge is 0.339 e. The molecule has 0 saturated heterocycles. The van der Waals surface area contributed by atoms with Crippen LogP contribution in [0, 0.1) is 38.2 Å². The van der Waals surface area contributed by atoms with Gasteiger partial charge in [0, 0.05) is 64.6 Å². The van der Waals surface area contributed by atoms with E-state index in [0.717, 1.165) is 69.1 Å². The van der Waals surface area contributed by atoms with E-state index in [-0.39, 0.29) is 43.4 Å². The van der Waals surface area contributed by atoms with E-state index in [1.807, 2.05) is 124 Å². The van der Waals surface area contributed by atoms with Crippen LogP contribution in [0.3, 0.4) is 0 Å². The van der Waals surface area contributed by atoms with Crippen molar-refractivity contribution in [2.45, 2.75) is 25.7 Å². The SMILES string of the molecule is CSc1ccccc1N.Cc1ccccc1Nc1cc(Cl)ncc1C(=O)O.Cc1ccccc1Nc1cc(Nc2ccc(F)cn2)ncc1C(=O)O.Cc1ccccc1Nc1cc(Nc2ccc(F)cn2)ncc1C(=O)O.Nc1ccc(F)cn1.O=C(O)c1cnc(Cl)cc1Cl.O=S=O. The molecular weight excluding hydrogens is 1390 g/mol. The fourth-order valence-corrected chi connectivity index (χ4v) is 8.78. The van der Waals surface area contributed by atoms with Gasteiger partial charge in [-0.3, -0.25) is 0 Å². The number of carboxylic acids is 4. The number of thioether (sulfide) groups is 1. The number of nitrogens with one attached hydrogen (secondary N) is 5. The van der Waals surface area contributed by atoms with Crippen LogP contribution in [0.2, 0.25) is 15.3 Å². The number of nitrogens with two attached hydrogens (primary N) is 2. The van der Waals surface area contributed by atoms with Crippen molar-refractivity contribution in [1.82, 2.24) is 34.9 Å². The largest absolute Gasteiger partial charge is 0.478 e. The van der Waals surface area contributed by atoms with Gasteiger partial charge in [0.2, 0.25) is 0 Å². The van der Waals surface area contributed by atoms with Crippen LogP contribution in [0.15, 0.2) is 206 Å². The summed E-state index contributed by atoms with van der Waals surface area (Å²) in [5.41, 5.74) is 18.4.